The van der Waals surface area contributed by atoms with Crippen LogP contribution in [0.25, 0.3) is 11.5 Å². The number of para-hydroxylation sites is 1. The van der Waals surface area contributed by atoms with Gasteiger partial charge in [0.2, 0.25) is 5.91 Å². The predicted molar refractivity (Wildman–Crippen MR) is 123 cm³/mol. The molecule has 3 heterocycles. The molecule has 0 N–H and O–H groups in total. The number of hydrogen-bond donors (Lipinski definition) is 0. The summed E-state index contributed by atoms with van der Waals surface area (Å²) in [5.74, 6) is 2.83. The van der Waals surface area contributed by atoms with Crippen molar-refractivity contribution in [1.82, 2.24) is 15.1 Å². The first-order valence-electron chi connectivity index (χ1n) is 11.0. The highest BCUT2D eigenvalue weighted by atomic mass is 32.2. The lowest BCUT2D eigenvalue weighted by Gasteiger charge is -2.25. The van der Waals surface area contributed by atoms with Crippen LogP contribution in [0.15, 0.2) is 52.1 Å². The first-order valence-corrected chi connectivity index (χ1v) is 12.0. The van der Waals surface area contributed by atoms with E-state index in [0.717, 1.165) is 48.4 Å². The average Bonchev–Trinajstić information content (AvgIpc) is 3.47. The van der Waals surface area contributed by atoms with Gasteiger partial charge in [0, 0.05) is 13.0 Å². The number of amides is 1. The zero-order valence-electron chi connectivity index (χ0n) is 18.4. The molecule has 1 amide bonds. The van der Waals surface area contributed by atoms with Crippen molar-refractivity contribution in [2.24, 2.45) is 0 Å². The van der Waals surface area contributed by atoms with Crippen molar-refractivity contribution < 1.29 is 23.4 Å². The SMILES string of the molecule is COc1ccccc1-c1nnc(SCC(=O)N2CCCC2c2ccc3c(c2)OCCCO3)o1. The molecule has 1 fully saturated rings. The zero-order chi connectivity index (χ0) is 22.6. The molecule has 33 heavy (non-hydrogen) atoms. The molecule has 172 valence electrons. The highest BCUT2D eigenvalue weighted by Crippen LogP contribution is 2.38. The largest absolute Gasteiger partial charge is 0.496 e. The van der Waals surface area contributed by atoms with Crippen LogP contribution in [0.5, 0.6) is 17.2 Å². The van der Waals surface area contributed by atoms with Gasteiger partial charge in [-0.3, -0.25) is 4.79 Å². The Balaban J connectivity index is 1.25. The molecule has 0 aliphatic carbocycles. The highest BCUT2D eigenvalue weighted by molar-refractivity contribution is 7.99. The maximum absolute atomic E-state index is 13.1. The van der Waals surface area contributed by atoms with Gasteiger partial charge in [0.25, 0.3) is 11.1 Å². The number of rotatable bonds is 6. The summed E-state index contributed by atoms with van der Waals surface area (Å²) in [5, 5.41) is 8.56. The normalized spacial score (nSPS) is 17.6. The molecule has 1 saturated heterocycles. The molecular weight excluding hydrogens is 442 g/mol. The number of thioether (sulfide) groups is 1. The van der Waals surface area contributed by atoms with Crippen LogP contribution in [-0.4, -0.2) is 53.6 Å². The van der Waals surface area contributed by atoms with E-state index in [1.807, 2.05) is 47.4 Å². The molecule has 0 radical (unpaired) electrons. The molecule has 5 rings (SSSR count). The topological polar surface area (TPSA) is 86.9 Å². The van der Waals surface area contributed by atoms with E-state index in [0.29, 0.717) is 30.1 Å². The Hall–Kier alpha value is -3.20. The maximum atomic E-state index is 13.1. The van der Waals surface area contributed by atoms with Crippen molar-refractivity contribution >= 4 is 17.7 Å². The molecule has 1 unspecified atom stereocenters. The molecule has 9 heteroatoms. The molecule has 0 saturated carbocycles. The van der Waals surface area contributed by atoms with Crippen molar-refractivity contribution in [3.05, 3.63) is 48.0 Å². The van der Waals surface area contributed by atoms with E-state index in [9.17, 15) is 4.79 Å². The Morgan fingerprint density at radius 2 is 1.97 bits per heavy atom. The van der Waals surface area contributed by atoms with Gasteiger partial charge < -0.3 is 23.5 Å². The third kappa shape index (κ3) is 4.64. The van der Waals surface area contributed by atoms with Gasteiger partial charge in [-0.1, -0.05) is 30.0 Å². The van der Waals surface area contributed by atoms with Crippen LogP contribution in [0.3, 0.4) is 0 Å². The number of likely N-dealkylation sites (tertiary alicyclic amines) is 1. The Bertz CT molecular complexity index is 1130. The van der Waals surface area contributed by atoms with Crippen molar-refractivity contribution in [2.75, 3.05) is 32.6 Å². The molecule has 0 spiro atoms. The van der Waals surface area contributed by atoms with E-state index in [2.05, 4.69) is 10.2 Å². The van der Waals surface area contributed by atoms with E-state index >= 15 is 0 Å². The minimum atomic E-state index is 0.0297. The molecular formula is C24H25N3O5S. The quantitative estimate of drug-likeness (QED) is 0.494. The third-order valence-corrected chi connectivity index (χ3v) is 6.60. The average molecular weight is 468 g/mol. The smallest absolute Gasteiger partial charge is 0.277 e. The lowest BCUT2D eigenvalue weighted by molar-refractivity contribution is -0.129. The van der Waals surface area contributed by atoms with Crippen molar-refractivity contribution in [3.8, 4) is 28.7 Å². The Kier molecular flexibility index (Phi) is 6.39. The van der Waals surface area contributed by atoms with Crippen molar-refractivity contribution in [1.29, 1.82) is 0 Å². The summed E-state index contributed by atoms with van der Waals surface area (Å²) in [5.41, 5.74) is 1.80. The van der Waals surface area contributed by atoms with Gasteiger partial charge in [0.1, 0.15) is 5.75 Å². The molecule has 1 aromatic heterocycles. The van der Waals surface area contributed by atoms with E-state index in [1.54, 1.807) is 7.11 Å². The monoisotopic (exact) mass is 467 g/mol. The summed E-state index contributed by atoms with van der Waals surface area (Å²) in [6.07, 6.45) is 2.76. The van der Waals surface area contributed by atoms with Crippen LogP contribution in [0.4, 0.5) is 0 Å². The minimum Gasteiger partial charge on any atom is -0.496 e. The van der Waals surface area contributed by atoms with Gasteiger partial charge in [-0.05, 0) is 42.7 Å². The van der Waals surface area contributed by atoms with E-state index < -0.39 is 0 Å². The number of nitrogens with zero attached hydrogens (tertiary/aromatic N) is 3. The second-order valence-corrected chi connectivity index (χ2v) is 8.79. The Labute approximate surface area is 196 Å². The fourth-order valence-electron chi connectivity index (χ4n) is 4.20. The molecule has 1 atom stereocenters. The molecule has 3 aromatic rings. The van der Waals surface area contributed by atoms with E-state index in [-0.39, 0.29) is 17.7 Å². The highest BCUT2D eigenvalue weighted by Gasteiger charge is 2.31. The number of aromatic nitrogens is 2. The van der Waals surface area contributed by atoms with Crippen LogP contribution < -0.4 is 14.2 Å². The first-order chi connectivity index (χ1) is 16.2. The van der Waals surface area contributed by atoms with E-state index in [1.165, 1.54) is 11.8 Å². The second-order valence-electron chi connectivity index (χ2n) is 7.86. The number of ether oxygens (including phenoxy) is 3. The van der Waals surface area contributed by atoms with Gasteiger partial charge >= 0.3 is 0 Å². The molecule has 2 aliphatic heterocycles. The lowest BCUT2D eigenvalue weighted by atomic mass is 10.0. The molecule has 0 bridgehead atoms. The van der Waals surface area contributed by atoms with Gasteiger partial charge in [0.05, 0.1) is 37.7 Å². The van der Waals surface area contributed by atoms with Gasteiger partial charge in [-0.15, -0.1) is 10.2 Å². The summed E-state index contributed by atoms with van der Waals surface area (Å²) in [6, 6.07) is 13.5. The van der Waals surface area contributed by atoms with Gasteiger partial charge in [-0.25, -0.2) is 0 Å². The van der Waals surface area contributed by atoms with Crippen LogP contribution in [0.2, 0.25) is 0 Å². The number of carbonyl (C=O) groups is 1. The summed E-state index contributed by atoms with van der Waals surface area (Å²) in [6.45, 7) is 2.03. The number of benzene rings is 2. The standard InChI is InChI=1S/C24H25N3O5S/c1-29-19-8-3-2-6-17(19)23-25-26-24(32-23)33-15-22(28)27-11-4-7-18(27)16-9-10-20-21(14-16)31-13-5-12-30-20/h2-3,6,8-10,14,18H,4-5,7,11-13,15H2,1H3. The molecule has 2 aliphatic rings. The lowest BCUT2D eigenvalue weighted by Crippen LogP contribution is -2.32. The second kappa shape index (κ2) is 9.74. The molecule has 8 nitrogen and oxygen atoms in total. The molecule has 2 aromatic carbocycles. The fraction of sp³-hybridized carbons (Fsp3) is 0.375. The Morgan fingerprint density at radius 3 is 2.85 bits per heavy atom. The summed E-state index contributed by atoms with van der Waals surface area (Å²) < 4.78 is 22.7. The minimum absolute atomic E-state index is 0.0297. The predicted octanol–water partition coefficient (Wildman–Crippen LogP) is 4.36. The van der Waals surface area contributed by atoms with Crippen molar-refractivity contribution in [2.45, 2.75) is 30.5 Å². The van der Waals surface area contributed by atoms with Gasteiger partial charge in [-0.2, -0.15) is 0 Å². The number of methoxy groups -OCH3 is 1. The fourth-order valence-corrected chi connectivity index (χ4v) is 4.85. The summed E-state index contributed by atoms with van der Waals surface area (Å²) in [4.78, 5) is 15.0. The van der Waals surface area contributed by atoms with Crippen LogP contribution in [-0.2, 0) is 4.79 Å². The number of hydrogen-bond acceptors (Lipinski definition) is 8. The Morgan fingerprint density at radius 1 is 1.12 bits per heavy atom. The summed E-state index contributed by atoms with van der Waals surface area (Å²) >= 11 is 1.25. The number of carbonyl (C=O) groups excluding carboxylic acids is 1. The van der Waals surface area contributed by atoms with Crippen LogP contribution in [0.1, 0.15) is 30.9 Å². The van der Waals surface area contributed by atoms with E-state index in [4.69, 9.17) is 18.6 Å². The van der Waals surface area contributed by atoms with Crippen molar-refractivity contribution in [3.63, 3.8) is 0 Å². The number of fused-ring (bicyclic) bond motifs is 1. The first kappa shape index (κ1) is 21.6. The zero-order valence-corrected chi connectivity index (χ0v) is 19.2. The maximum Gasteiger partial charge on any atom is 0.277 e. The third-order valence-electron chi connectivity index (χ3n) is 5.79. The van der Waals surface area contributed by atoms with Crippen LogP contribution >= 0.6 is 11.8 Å². The van der Waals surface area contributed by atoms with Crippen LogP contribution in [0, 0.1) is 0 Å². The summed E-state index contributed by atoms with van der Waals surface area (Å²) in [7, 11) is 1.60. The van der Waals surface area contributed by atoms with Gasteiger partial charge in [0.15, 0.2) is 11.5 Å².